The molecule has 0 aliphatic carbocycles. The average molecular weight is 502 g/mol. The number of nitrogens with one attached hydrogen (secondary N) is 1. The normalized spacial score (nSPS) is 10.9. The van der Waals surface area contributed by atoms with Crippen molar-refractivity contribution in [2.75, 3.05) is 11.9 Å². The number of carbonyl (C=O) groups is 1. The van der Waals surface area contributed by atoms with Crippen molar-refractivity contribution in [3.63, 3.8) is 0 Å². The topological polar surface area (TPSA) is 71.3 Å². The van der Waals surface area contributed by atoms with Gasteiger partial charge in [0.15, 0.2) is 0 Å². The molecule has 0 radical (unpaired) electrons. The van der Waals surface area contributed by atoms with Crippen molar-refractivity contribution in [2.24, 2.45) is 0 Å². The number of hydrogen-bond acceptors (Lipinski definition) is 4. The third-order valence-electron chi connectivity index (χ3n) is 4.43. The Morgan fingerprint density at radius 1 is 0.970 bits per heavy atom. The summed E-state index contributed by atoms with van der Waals surface area (Å²) in [6.45, 7) is 2.69. The van der Waals surface area contributed by atoms with Crippen molar-refractivity contribution >= 4 is 52.5 Å². The number of halogens is 3. The molecule has 0 atom stereocenters. The Balaban J connectivity index is 1.67. The highest BCUT2D eigenvalue weighted by atomic mass is 35.5. The number of carbonyl (C=O) groups excluding carboxylic acids is 1. The number of nitriles is 1. The highest BCUT2D eigenvalue weighted by Gasteiger charge is 2.11. The lowest BCUT2D eigenvalue weighted by atomic mass is 10.1. The minimum absolute atomic E-state index is 0.0653. The maximum atomic E-state index is 12.5. The second-order valence-corrected chi connectivity index (χ2v) is 8.03. The Bertz CT molecular complexity index is 1220. The summed E-state index contributed by atoms with van der Waals surface area (Å²) in [4.78, 5) is 12.5. The fourth-order valence-corrected chi connectivity index (χ4v) is 3.39. The first-order valence-electron chi connectivity index (χ1n) is 9.92. The average Bonchev–Trinajstić information content (AvgIpc) is 2.80. The quantitative estimate of drug-likeness (QED) is 0.262. The molecule has 1 N–H and O–H groups in total. The van der Waals surface area contributed by atoms with Crippen LogP contribution in [-0.2, 0) is 11.4 Å². The lowest BCUT2D eigenvalue weighted by Crippen LogP contribution is -2.13. The van der Waals surface area contributed by atoms with Crippen LogP contribution in [0.15, 0.2) is 66.2 Å². The maximum absolute atomic E-state index is 12.5. The fraction of sp³-hybridized carbons (Fsp3) is 0.120. The van der Waals surface area contributed by atoms with Gasteiger partial charge in [0.1, 0.15) is 29.7 Å². The van der Waals surface area contributed by atoms with Crippen molar-refractivity contribution in [1.29, 1.82) is 5.26 Å². The smallest absolute Gasteiger partial charge is 0.266 e. The van der Waals surface area contributed by atoms with E-state index >= 15 is 0 Å². The van der Waals surface area contributed by atoms with Gasteiger partial charge in [0.2, 0.25) is 0 Å². The van der Waals surface area contributed by atoms with E-state index < -0.39 is 5.91 Å². The van der Waals surface area contributed by atoms with Crippen molar-refractivity contribution < 1.29 is 14.3 Å². The lowest BCUT2D eigenvalue weighted by molar-refractivity contribution is -0.112. The van der Waals surface area contributed by atoms with Gasteiger partial charge in [-0.05, 0) is 72.7 Å². The minimum atomic E-state index is -0.530. The zero-order valence-electron chi connectivity index (χ0n) is 17.6. The zero-order chi connectivity index (χ0) is 23.8. The van der Waals surface area contributed by atoms with Crippen LogP contribution >= 0.6 is 34.8 Å². The van der Waals surface area contributed by atoms with Crippen LogP contribution in [0.4, 0.5) is 5.69 Å². The van der Waals surface area contributed by atoms with E-state index in [1.165, 1.54) is 6.08 Å². The minimum Gasteiger partial charge on any atom is -0.494 e. The van der Waals surface area contributed by atoms with E-state index in [-0.39, 0.29) is 12.2 Å². The molecular formula is C25H19Cl3N2O3. The first-order chi connectivity index (χ1) is 15.9. The van der Waals surface area contributed by atoms with Crippen LogP contribution in [0.25, 0.3) is 6.08 Å². The molecule has 0 spiro atoms. The van der Waals surface area contributed by atoms with E-state index in [9.17, 15) is 10.1 Å². The van der Waals surface area contributed by atoms with Gasteiger partial charge in [-0.3, -0.25) is 4.79 Å². The monoisotopic (exact) mass is 500 g/mol. The molecule has 0 aliphatic rings. The first kappa shape index (κ1) is 24.5. The van der Waals surface area contributed by atoms with E-state index in [1.807, 2.05) is 13.0 Å². The predicted molar refractivity (Wildman–Crippen MR) is 132 cm³/mol. The number of benzene rings is 3. The second kappa shape index (κ2) is 11.6. The molecule has 0 saturated heterocycles. The molecule has 0 fully saturated rings. The maximum Gasteiger partial charge on any atom is 0.266 e. The van der Waals surface area contributed by atoms with Gasteiger partial charge >= 0.3 is 0 Å². The van der Waals surface area contributed by atoms with Gasteiger partial charge in [0.25, 0.3) is 5.91 Å². The third-order valence-corrected chi connectivity index (χ3v) is 5.47. The summed E-state index contributed by atoms with van der Waals surface area (Å²) in [5, 5.41) is 13.4. The molecule has 5 nitrogen and oxygen atoms in total. The molecule has 0 aromatic heterocycles. The fourth-order valence-electron chi connectivity index (χ4n) is 2.83. The Labute approximate surface area is 207 Å². The summed E-state index contributed by atoms with van der Waals surface area (Å²) in [7, 11) is 0. The van der Waals surface area contributed by atoms with Gasteiger partial charge in [-0.15, -0.1) is 0 Å². The lowest BCUT2D eigenvalue weighted by Gasteiger charge is -2.10. The van der Waals surface area contributed by atoms with Gasteiger partial charge < -0.3 is 14.8 Å². The van der Waals surface area contributed by atoms with Crippen LogP contribution in [0.1, 0.15) is 18.1 Å². The number of hydrogen-bond donors (Lipinski definition) is 1. The summed E-state index contributed by atoms with van der Waals surface area (Å²) in [5.74, 6) is 0.623. The molecule has 0 bridgehead atoms. The van der Waals surface area contributed by atoms with E-state index in [0.29, 0.717) is 44.4 Å². The van der Waals surface area contributed by atoms with Crippen LogP contribution in [0.2, 0.25) is 15.1 Å². The van der Waals surface area contributed by atoms with Gasteiger partial charge in [0, 0.05) is 5.69 Å². The molecular weight excluding hydrogens is 483 g/mol. The molecule has 168 valence electrons. The number of rotatable bonds is 8. The molecule has 0 aliphatic heterocycles. The summed E-state index contributed by atoms with van der Waals surface area (Å²) in [5.41, 5.74) is 1.90. The summed E-state index contributed by atoms with van der Waals surface area (Å²) in [6, 6.07) is 19.0. The molecule has 0 saturated carbocycles. The van der Waals surface area contributed by atoms with E-state index in [1.54, 1.807) is 60.7 Å². The van der Waals surface area contributed by atoms with Crippen molar-refractivity contribution in [1.82, 2.24) is 0 Å². The van der Waals surface area contributed by atoms with Crippen LogP contribution in [0, 0.1) is 11.3 Å². The molecule has 33 heavy (non-hydrogen) atoms. The van der Waals surface area contributed by atoms with E-state index in [0.717, 1.165) is 5.56 Å². The molecule has 0 unspecified atom stereocenters. The predicted octanol–water partition coefficient (Wildman–Crippen LogP) is 7.17. The summed E-state index contributed by atoms with van der Waals surface area (Å²) < 4.78 is 11.1. The number of anilines is 1. The van der Waals surface area contributed by atoms with Crippen LogP contribution in [0.3, 0.4) is 0 Å². The summed E-state index contributed by atoms with van der Waals surface area (Å²) >= 11 is 18.3. The van der Waals surface area contributed by atoms with Crippen molar-refractivity contribution in [2.45, 2.75) is 13.5 Å². The Hall–Kier alpha value is -3.17. The SMILES string of the molecule is CCOc1ccc(NC(=O)/C(C#N)=C/c2ccc(OCc3ccc(Cl)c(Cl)c3)c(Cl)c2)cc1. The van der Waals surface area contributed by atoms with E-state index in [2.05, 4.69) is 5.32 Å². The van der Waals surface area contributed by atoms with Crippen molar-refractivity contribution in [3.8, 4) is 17.6 Å². The third kappa shape index (κ3) is 6.90. The Kier molecular flexibility index (Phi) is 8.62. The molecule has 8 heteroatoms. The van der Waals surface area contributed by atoms with Crippen molar-refractivity contribution in [3.05, 3.63) is 92.4 Å². The number of ether oxygens (including phenoxy) is 2. The summed E-state index contributed by atoms with van der Waals surface area (Å²) in [6.07, 6.45) is 1.46. The zero-order valence-corrected chi connectivity index (χ0v) is 19.8. The number of amides is 1. The first-order valence-corrected chi connectivity index (χ1v) is 11.0. The standard InChI is InChI=1S/C25H19Cl3N2O3/c1-2-32-20-7-5-19(6-8-20)30-25(31)18(14-29)11-16-4-10-24(23(28)12-16)33-15-17-3-9-21(26)22(27)13-17/h3-13H,2,15H2,1H3,(H,30,31)/b18-11+. The Morgan fingerprint density at radius 2 is 1.73 bits per heavy atom. The van der Waals surface area contributed by atoms with Gasteiger partial charge in [-0.2, -0.15) is 5.26 Å². The molecule has 3 rings (SSSR count). The van der Waals surface area contributed by atoms with Gasteiger partial charge in [-0.1, -0.05) is 46.9 Å². The largest absolute Gasteiger partial charge is 0.494 e. The molecule has 3 aromatic rings. The molecule has 1 amide bonds. The van der Waals surface area contributed by atoms with Crippen LogP contribution in [0.5, 0.6) is 11.5 Å². The second-order valence-electron chi connectivity index (χ2n) is 6.81. The Morgan fingerprint density at radius 3 is 2.36 bits per heavy atom. The van der Waals surface area contributed by atoms with Crippen LogP contribution < -0.4 is 14.8 Å². The highest BCUT2D eigenvalue weighted by Crippen LogP contribution is 2.28. The van der Waals surface area contributed by atoms with Gasteiger partial charge in [-0.25, -0.2) is 0 Å². The highest BCUT2D eigenvalue weighted by molar-refractivity contribution is 6.42. The van der Waals surface area contributed by atoms with Gasteiger partial charge in [0.05, 0.1) is 21.7 Å². The van der Waals surface area contributed by atoms with E-state index in [4.69, 9.17) is 44.3 Å². The molecule has 3 aromatic carbocycles. The molecule has 0 heterocycles. The number of nitrogens with zero attached hydrogens (tertiary/aromatic N) is 1. The van der Waals surface area contributed by atoms with Crippen LogP contribution in [-0.4, -0.2) is 12.5 Å².